The summed E-state index contributed by atoms with van der Waals surface area (Å²) in [5, 5.41) is 10.9. The van der Waals surface area contributed by atoms with Gasteiger partial charge >= 0.3 is 0 Å². The van der Waals surface area contributed by atoms with Gasteiger partial charge in [0.15, 0.2) is 11.4 Å². The first-order valence-electron chi connectivity index (χ1n) is 8.64. The van der Waals surface area contributed by atoms with E-state index in [-0.39, 0.29) is 28.3 Å². The summed E-state index contributed by atoms with van der Waals surface area (Å²) >= 11 is 0. The highest BCUT2D eigenvalue weighted by atomic mass is 16.3. The van der Waals surface area contributed by atoms with E-state index in [0.717, 1.165) is 16.7 Å². The van der Waals surface area contributed by atoms with Crippen LogP contribution in [-0.2, 0) is 13.1 Å². The van der Waals surface area contributed by atoms with Gasteiger partial charge in [-0.05, 0) is 25.0 Å². The Balaban J connectivity index is 1.94. The van der Waals surface area contributed by atoms with Crippen LogP contribution in [0.25, 0.3) is 10.9 Å². The Labute approximate surface area is 150 Å². The number of carbonyl (C=O) groups is 1. The number of aromatic nitrogens is 2. The Morgan fingerprint density at radius 1 is 1.15 bits per heavy atom. The third kappa shape index (κ3) is 2.33. The van der Waals surface area contributed by atoms with Crippen LogP contribution in [0.2, 0.25) is 0 Å². The maximum atomic E-state index is 13.1. The van der Waals surface area contributed by atoms with E-state index in [2.05, 4.69) is 0 Å². The summed E-state index contributed by atoms with van der Waals surface area (Å²) in [5.74, 6) is -0.461. The van der Waals surface area contributed by atoms with Crippen molar-refractivity contribution in [2.75, 3.05) is 13.6 Å². The molecule has 6 nitrogen and oxygen atoms in total. The highest BCUT2D eigenvalue weighted by Gasteiger charge is 2.31. The Hall–Kier alpha value is -3.02. The van der Waals surface area contributed by atoms with Gasteiger partial charge in [0.25, 0.3) is 11.5 Å². The molecule has 1 aliphatic heterocycles. The van der Waals surface area contributed by atoms with Crippen molar-refractivity contribution in [3.63, 3.8) is 0 Å². The summed E-state index contributed by atoms with van der Waals surface area (Å²) in [4.78, 5) is 27.1. The Kier molecular flexibility index (Phi) is 3.64. The van der Waals surface area contributed by atoms with Crippen molar-refractivity contribution >= 4 is 16.8 Å². The summed E-state index contributed by atoms with van der Waals surface area (Å²) in [6, 6.07) is 7.98. The third-order valence-electron chi connectivity index (χ3n) is 5.08. The fraction of sp³-hybridized carbons (Fsp3) is 0.300. The number of hydrogen-bond acceptors (Lipinski definition) is 3. The van der Waals surface area contributed by atoms with Crippen LogP contribution >= 0.6 is 0 Å². The smallest absolute Gasteiger partial charge is 0.274 e. The fourth-order valence-electron chi connectivity index (χ4n) is 3.81. The van der Waals surface area contributed by atoms with Crippen LogP contribution in [0.3, 0.4) is 0 Å². The number of hydrogen-bond donors (Lipinski definition) is 1. The predicted octanol–water partition coefficient (Wildman–Crippen LogP) is 2.26. The molecule has 0 fully saturated rings. The number of aromatic hydroxyl groups is 1. The number of benzene rings is 1. The quantitative estimate of drug-likeness (QED) is 0.770. The van der Waals surface area contributed by atoms with Gasteiger partial charge in [0.2, 0.25) is 0 Å². The lowest BCUT2D eigenvalue weighted by molar-refractivity contribution is 0.0747. The Morgan fingerprint density at radius 2 is 1.92 bits per heavy atom. The van der Waals surface area contributed by atoms with Crippen molar-refractivity contribution in [1.82, 2.24) is 14.0 Å². The number of fused-ring (bicyclic) bond motifs is 3. The van der Waals surface area contributed by atoms with Gasteiger partial charge in [0, 0.05) is 26.3 Å². The van der Waals surface area contributed by atoms with E-state index in [1.165, 1.54) is 0 Å². The highest BCUT2D eigenvalue weighted by Crippen LogP contribution is 2.34. The molecule has 3 aromatic rings. The van der Waals surface area contributed by atoms with E-state index in [4.69, 9.17) is 0 Å². The van der Waals surface area contributed by atoms with Crippen molar-refractivity contribution in [2.45, 2.75) is 26.9 Å². The molecule has 0 saturated carbocycles. The highest BCUT2D eigenvalue weighted by molar-refractivity contribution is 6.04. The van der Waals surface area contributed by atoms with E-state index in [1.54, 1.807) is 21.1 Å². The molecule has 4 rings (SSSR count). The minimum atomic E-state index is -0.276. The second-order valence-corrected chi connectivity index (χ2v) is 7.03. The molecule has 1 amide bonds. The monoisotopic (exact) mass is 351 g/mol. The number of likely N-dealkylation sites (N-methyl/N-ethyl adjacent to an activating group) is 1. The first kappa shape index (κ1) is 16.4. The number of pyridine rings is 1. The fourth-order valence-corrected chi connectivity index (χ4v) is 3.81. The molecule has 0 spiro atoms. The minimum absolute atomic E-state index is 0.205. The van der Waals surface area contributed by atoms with Crippen LogP contribution in [0.4, 0.5) is 0 Å². The van der Waals surface area contributed by atoms with Crippen molar-refractivity contribution in [2.24, 2.45) is 0 Å². The molecular weight excluding hydrogens is 330 g/mol. The molecule has 2 aromatic heterocycles. The van der Waals surface area contributed by atoms with Gasteiger partial charge in [-0.15, -0.1) is 0 Å². The summed E-state index contributed by atoms with van der Waals surface area (Å²) in [7, 11) is 1.70. The number of amides is 1. The van der Waals surface area contributed by atoms with E-state index in [1.807, 2.05) is 44.3 Å². The molecule has 134 valence electrons. The summed E-state index contributed by atoms with van der Waals surface area (Å²) in [6.45, 7) is 5.46. The van der Waals surface area contributed by atoms with Gasteiger partial charge in [-0.1, -0.05) is 29.8 Å². The van der Waals surface area contributed by atoms with Crippen LogP contribution in [0.15, 0.2) is 35.3 Å². The molecule has 0 saturated heterocycles. The zero-order valence-corrected chi connectivity index (χ0v) is 15.1. The van der Waals surface area contributed by atoms with Crippen LogP contribution in [0, 0.1) is 13.8 Å². The molecule has 1 aliphatic rings. The van der Waals surface area contributed by atoms with Gasteiger partial charge in [0.05, 0.1) is 12.1 Å². The average Bonchev–Trinajstić information content (AvgIpc) is 2.90. The topological polar surface area (TPSA) is 67.5 Å². The van der Waals surface area contributed by atoms with Crippen LogP contribution < -0.4 is 5.56 Å². The third-order valence-corrected chi connectivity index (χ3v) is 5.08. The van der Waals surface area contributed by atoms with Crippen molar-refractivity contribution in [3.05, 3.63) is 63.2 Å². The van der Waals surface area contributed by atoms with Gasteiger partial charge in [-0.25, -0.2) is 0 Å². The number of aryl methyl sites for hydroxylation is 2. The van der Waals surface area contributed by atoms with Crippen LogP contribution in [0.1, 0.15) is 27.2 Å². The lowest BCUT2D eigenvalue weighted by Crippen LogP contribution is -2.37. The second-order valence-electron chi connectivity index (χ2n) is 7.03. The minimum Gasteiger partial charge on any atom is -0.505 e. The van der Waals surface area contributed by atoms with Gasteiger partial charge in [-0.3, -0.25) is 9.59 Å². The number of rotatable bonds is 2. The Morgan fingerprint density at radius 3 is 2.65 bits per heavy atom. The van der Waals surface area contributed by atoms with Crippen molar-refractivity contribution in [1.29, 1.82) is 0 Å². The largest absolute Gasteiger partial charge is 0.505 e. The zero-order chi connectivity index (χ0) is 18.6. The maximum Gasteiger partial charge on any atom is 0.274 e. The summed E-state index contributed by atoms with van der Waals surface area (Å²) < 4.78 is 3.38. The summed E-state index contributed by atoms with van der Waals surface area (Å²) in [5.41, 5.74) is 3.61. The molecule has 3 heterocycles. The van der Waals surface area contributed by atoms with E-state index < -0.39 is 0 Å². The second kappa shape index (κ2) is 5.76. The first-order chi connectivity index (χ1) is 12.4. The van der Waals surface area contributed by atoms with E-state index in [0.29, 0.717) is 25.2 Å². The molecule has 0 bridgehead atoms. The van der Waals surface area contributed by atoms with Crippen molar-refractivity contribution < 1.29 is 9.90 Å². The molecular formula is C20H21N3O3. The lowest BCUT2D eigenvalue weighted by atomic mass is 10.1. The SMILES string of the molecule is Cc1cccc(Cn2cc(C)c3c(c(O)c4n3CCN(C)C4=O)c2=O)c1. The Bertz CT molecular complexity index is 1110. The van der Waals surface area contributed by atoms with Gasteiger partial charge < -0.3 is 19.1 Å². The lowest BCUT2D eigenvalue weighted by Gasteiger charge is -2.25. The van der Waals surface area contributed by atoms with E-state index in [9.17, 15) is 14.7 Å². The molecule has 1 N–H and O–H groups in total. The molecule has 0 radical (unpaired) electrons. The average molecular weight is 351 g/mol. The molecule has 26 heavy (non-hydrogen) atoms. The van der Waals surface area contributed by atoms with Crippen LogP contribution in [-0.4, -0.2) is 38.6 Å². The first-order valence-corrected chi connectivity index (χ1v) is 8.64. The normalized spacial score (nSPS) is 14.1. The predicted molar refractivity (Wildman–Crippen MR) is 99.8 cm³/mol. The van der Waals surface area contributed by atoms with Gasteiger partial charge in [-0.2, -0.15) is 0 Å². The number of carbonyl (C=O) groups excluding carboxylic acids is 1. The van der Waals surface area contributed by atoms with Crippen molar-refractivity contribution in [3.8, 4) is 5.75 Å². The van der Waals surface area contributed by atoms with Crippen LogP contribution in [0.5, 0.6) is 5.75 Å². The molecule has 1 aromatic carbocycles. The standard InChI is InChI=1S/C20H21N3O3/c1-12-5-4-6-14(9-12)11-22-10-13(2)16-15(19(22)25)18(24)17-20(26)21(3)7-8-23(16)17/h4-6,9-10,24H,7-8,11H2,1-3H3. The van der Waals surface area contributed by atoms with E-state index >= 15 is 0 Å². The summed E-state index contributed by atoms with van der Waals surface area (Å²) in [6.07, 6.45) is 1.81. The molecule has 0 unspecified atom stereocenters. The molecule has 0 atom stereocenters. The number of nitrogens with zero attached hydrogens (tertiary/aromatic N) is 3. The molecule has 0 aliphatic carbocycles. The zero-order valence-electron chi connectivity index (χ0n) is 15.1. The van der Waals surface area contributed by atoms with Gasteiger partial charge in [0.1, 0.15) is 5.39 Å². The molecule has 6 heteroatoms. The maximum absolute atomic E-state index is 13.1.